The van der Waals surface area contributed by atoms with E-state index in [1.165, 1.54) is 10.7 Å². The van der Waals surface area contributed by atoms with Crippen molar-refractivity contribution in [2.75, 3.05) is 10.6 Å². The first-order valence-electron chi connectivity index (χ1n) is 7.48. The van der Waals surface area contributed by atoms with Crippen LogP contribution in [0.2, 0.25) is 0 Å². The van der Waals surface area contributed by atoms with Crippen LogP contribution in [0.1, 0.15) is 23.3 Å². The highest BCUT2D eigenvalue weighted by Crippen LogP contribution is 2.29. The highest BCUT2D eigenvalue weighted by molar-refractivity contribution is 5.92. The number of rotatable bonds is 5. The van der Waals surface area contributed by atoms with Crippen molar-refractivity contribution in [3.05, 3.63) is 48.3 Å². The largest absolute Gasteiger partial charge is 0.379 e. The number of aromatic nitrogens is 3. The van der Waals surface area contributed by atoms with E-state index < -0.39 is 5.91 Å². The number of nitrogens with two attached hydrogens (primary N) is 1. The van der Waals surface area contributed by atoms with Crippen LogP contribution in [0, 0.1) is 0 Å². The van der Waals surface area contributed by atoms with Gasteiger partial charge in [-0.3, -0.25) is 4.79 Å². The molecule has 1 amide bonds. The van der Waals surface area contributed by atoms with E-state index in [1.807, 2.05) is 36.4 Å². The van der Waals surface area contributed by atoms with Gasteiger partial charge in [0.05, 0.1) is 11.9 Å². The highest BCUT2D eigenvalue weighted by atomic mass is 16.1. The first-order valence-corrected chi connectivity index (χ1v) is 7.48. The molecule has 1 fully saturated rings. The van der Waals surface area contributed by atoms with Crippen molar-refractivity contribution in [1.29, 1.82) is 0 Å². The summed E-state index contributed by atoms with van der Waals surface area (Å²) < 4.78 is 1.48. The third kappa shape index (κ3) is 2.68. The standard InChI is InChI=1S/C16H16N6O/c17-15(23)13-9-18-16-12(19-11-6-7-11)8-14(21-22(13)16)20-10-4-2-1-3-5-10/h1-5,8-9,11,19H,6-7H2,(H2,17,23)(H,20,21). The zero-order valence-electron chi connectivity index (χ0n) is 12.4. The Morgan fingerprint density at radius 1 is 1.26 bits per heavy atom. The number of hydrogen-bond donors (Lipinski definition) is 3. The molecule has 0 saturated heterocycles. The zero-order chi connectivity index (χ0) is 15.8. The SMILES string of the molecule is NC(=O)c1cnc2c(NC3CC3)cc(Nc3ccccc3)nn12. The lowest BCUT2D eigenvalue weighted by Crippen LogP contribution is -2.16. The van der Waals surface area contributed by atoms with Crippen molar-refractivity contribution in [1.82, 2.24) is 14.6 Å². The first-order chi connectivity index (χ1) is 11.2. The minimum atomic E-state index is -0.556. The van der Waals surface area contributed by atoms with Crippen LogP contribution in [-0.2, 0) is 0 Å². The molecule has 4 rings (SSSR count). The maximum atomic E-state index is 11.6. The number of carbonyl (C=O) groups excluding carboxylic acids is 1. The fourth-order valence-electron chi connectivity index (χ4n) is 2.42. The molecule has 0 radical (unpaired) electrons. The fraction of sp³-hybridized carbons (Fsp3) is 0.188. The van der Waals surface area contributed by atoms with Crippen molar-refractivity contribution in [3.63, 3.8) is 0 Å². The van der Waals surface area contributed by atoms with Crippen LogP contribution in [0.4, 0.5) is 17.2 Å². The zero-order valence-corrected chi connectivity index (χ0v) is 12.4. The van der Waals surface area contributed by atoms with E-state index in [4.69, 9.17) is 5.73 Å². The van der Waals surface area contributed by atoms with E-state index in [0.29, 0.717) is 17.5 Å². The van der Waals surface area contributed by atoms with Crippen LogP contribution >= 0.6 is 0 Å². The predicted octanol–water partition coefficient (Wildman–Crippen LogP) is 2.15. The number of primary amides is 1. The van der Waals surface area contributed by atoms with Crippen molar-refractivity contribution in [2.45, 2.75) is 18.9 Å². The molecule has 3 aromatic rings. The molecule has 2 aromatic heterocycles. The van der Waals surface area contributed by atoms with Crippen LogP contribution in [0.3, 0.4) is 0 Å². The molecule has 1 aliphatic rings. The van der Waals surface area contributed by atoms with Crippen molar-refractivity contribution >= 4 is 28.7 Å². The van der Waals surface area contributed by atoms with Gasteiger partial charge in [-0.25, -0.2) is 9.50 Å². The Balaban J connectivity index is 1.80. The monoisotopic (exact) mass is 308 g/mol. The van der Waals surface area contributed by atoms with E-state index in [-0.39, 0.29) is 5.69 Å². The molecule has 1 aromatic carbocycles. The van der Waals surface area contributed by atoms with Gasteiger partial charge < -0.3 is 16.4 Å². The maximum Gasteiger partial charge on any atom is 0.269 e. The van der Waals surface area contributed by atoms with Gasteiger partial charge in [-0.2, -0.15) is 0 Å². The first kappa shape index (κ1) is 13.6. The van der Waals surface area contributed by atoms with E-state index in [9.17, 15) is 4.79 Å². The lowest BCUT2D eigenvalue weighted by atomic mass is 10.3. The Kier molecular flexibility index (Phi) is 3.11. The summed E-state index contributed by atoms with van der Waals surface area (Å²) >= 11 is 0. The molecular formula is C16H16N6O. The van der Waals surface area contributed by atoms with Crippen LogP contribution < -0.4 is 16.4 Å². The molecule has 23 heavy (non-hydrogen) atoms. The number of amides is 1. The summed E-state index contributed by atoms with van der Waals surface area (Å²) in [5.41, 5.74) is 8.03. The van der Waals surface area contributed by atoms with Gasteiger partial charge in [0.25, 0.3) is 5.91 Å². The third-order valence-corrected chi connectivity index (χ3v) is 3.70. The summed E-state index contributed by atoms with van der Waals surface area (Å²) in [5, 5.41) is 11.1. The van der Waals surface area contributed by atoms with Crippen molar-refractivity contribution in [3.8, 4) is 0 Å². The van der Waals surface area contributed by atoms with Crippen LogP contribution in [0.5, 0.6) is 0 Å². The fourth-order valence-corrected chi connectivity index (χ4v) is 2.42. The number of hydrogen-bond acceptors (Lipinski definition) is 5. The Bertz CT molecular complexity index is 869. The average molecular weight is 308 g/mol. The summed E-state index contributed by atoms with van der Waals surface area (Å²) in [6, 6.07) is 12.1. The molecule has 0 bridgehead atoms. The summed E-state index contributed by atoms with van der Waals surface area (Å²) in [6.07, 6.45) is 3.73. The quantitative estimate of drug-likeness (QED) is 0.671. The molecular weight excluding hydrogens is 292 g/mol. The van der Waals surface area contributed by atoms with E-state index in [0.717, 1.165) is 24.2 Å². The second-order valence-corrected chi connectivity index (χ2v) is 5.60. The minimum absolute atomic E-state index is 0.260. The average Bonchev–Trinajstić information content (AvgIpc) is 3.24. The Labute approximate surface area is 132 Å². The molecule has 0 unspecified atom stereocenters. The second kappa shape index (κ2) is 5.28. The Morgan fingerprint density at radius 3 is 2.74 bits per heavy atom. The summed E-state index contributed by atoms with van der Waals surface area (Å²) in [6.45, 7) is 0. The number of nitrogens with one attached hydrogen (secondary N) is 2. The van der Waals surface area contributed by atoms with Gasteiger partial charge in [-0.15, -0.1) is 5.10 Å². The summed E-state index contributed by atoms with van der Waals surface area (Å²) in [7, 11) is 0. The molecule has 7 nitrogen and oxygen atoms in total. The molecule has 1 aliphatic carbocycles. The molecule has 0 atom stereocenters. The van der Waals surface area contributed by atoms with Gasteiger partial charge >= 0.3 is 0 Å². The van der Waals surface area contributed by atoms with Gasteiger partial charge in [0.2, 0.25) is 0 Å². The number of nitrogens with zero attached hydrogens (tertiary/aromatic N) is 3. The number of carbonyl (C=O) groups is 1. The molecule has 0 aliphatic heterocycles. The van der Waals surface area contributed by atoms with E-state index >= 15 is 0 Å². The Morgan fingerprint density at radius 2 is 2.04 bits per heavy atom. The van der Waals surface area contributed by atoms with Crippen molar-refractivity contribution in [2.24, 2.45) is 5.73 Å². The topological polar surface area (TPSA) is 97.3 Å². The minimum Gasteiger partial charge on any atom is -0.379 e. The van der Waals surface area contributed by atoms with Crippen LogP contribution in [-0.4, -0.2) is 26.5 Å². The molecule has 2 heterocycles. The van der Waals surface area contributed by atoms with Gasteiger partial charge in [-0.1, -0.05) is 18.2 Å². The predicted molar refractivity (Wildman–Crippen MR) is 87.9 cm³/mol. The van der Waals surface area contributed by atoms with E-state index in [1.54, 1.807) is 0 Å². The van der Waals surface area contributed by atoms with Gasteiger partial charge in [0.15, 0.2) is 11.5 Å². The number of imidazole rings is 1. The van der Waals surface area contributed by atoms with Crippen LogP contribution in [0.15, 0.2) is 42.6 Å². The summed E-state index contributed by atoms with van der Waals surface area (Å²) in [5.74, 6) is 0.0617. The maximum absolute atomic E-state index is 11.6. The summed E-state index contributed by atoms with van der Waals surface area (Å²) in [4.78, 5) is 15.9. The van der Waals surface area contributed by atoms with Crippen LogP contribution in [0.25, 0.3) is 5.65 Å². The third-order valence-electron chi connectivity index (χ3n) is 3.70. The van der Waals surface area contributed by atoms with Gasteiger partial charge in [-0.05, 0) is 25.0 Å². The number of para-hydroxylation sites is 1. The number of benzene rings is 1. The molecule has 1 saturated carbocycles. The van der Waals surface area contributed by atoms with E-state index in [2.05, 4.69) is 20.7 Å². The molecule has 7 heteroatoms. The van der Waals surface area contributed by atoms with Gasteiger partial charge in [0.1, 0.15) is 5.69 Å². The number of fused-ring (bicyclic) bond motifs is 1. The molecule has 116 valence electrons. The highest BCUT2D eigenvalue weighted by Gasteiger charge is 2.23. The smallest absolute Gasteiger partial charge is 0.269 e. The molecule has 0 spiro atoms. The van der Waals surface area contributed by atoms with Gasteiger partial charge in [0, 0.05) is 17.8 Å². The molecule has 4 N–H and O–H groups in total. The Hall–Kier alpha value is -3.09. The number of anilines is 3. The van der Waals surface area contributed by atoms with Crippen molar-refractivity contribution < 1.29 is 4.79 Å². The lowest BCUT2D eigenvalue weighted by Gasteiger charge is -2.11. The second-order valence-electron chi connectivity index (χ2n) is 5.60. The lowest BCUT2D eigenvalue weighted by molar-refractivity contribution is 0.0993. The normalized spacial score (nSPS) is 13.9.